The summed E-state index contributed by atoms with van der Waals surface area (Å²) in [7, 11) is 0. The maximum Gasteiger partial charge on any atom is 0.136 e. The predicted molar refractivity (Wildman–Crippen MR) is 90.8 cm³/mol. The van der Waals surface area contributed by atoms with Crippen LogP contribution in [0.1, 0.15) is 58.6 Å². The van der Waals surface area contributed by atoms with Gasteiger partial charge in [-0.2, -0.15) is 0 Å². The second-order valence-electron chi connectivity index (χ2n) is 7.59. The van der Waals surface area contributed by atoms with Gasteiger partial charge in [-0.05, 0) is 39.2 Å². The quantitative estimate of drug-likeness (QED) is 0.811. The molecular formula is C19H30N2O. The van der Waals surface area contributed by atoms with Crippen LogP contribution in [-0.4, -0.2) is 35.4 Å². The molecule has 2 unspecified atom stereocenters. The average Bonchev–Trinajstić information content (AvgIpc) is 3.25. The van der Waals surface area contributed by atoms with E-state index < -0.39 is 0 Å². The molecule has 2 heterocycles. The van der Waals surface area contributed by atoms with Crippen LogP contribution in [0.15, 0.2) is 30.3 Å². The highest BCUT2D eigenvalue weighted by Crippen LogP contribution is 2.43. The molecule has 3 heteroatoms. The number of hydrogen-bond acceptors (Lipinski definition) is 3. The molecule has 122 valence electrons. The molecule has 2 fully saturated rings. The second kappa shape index (κ2) is 5.95. The molecule has 1 aromatic carbocycles. The molecule has 3 rings (SSSR count). The molecule has 0 amide bonds. The van der Waals surface area contributed by atoms with Crippen molar-refractivity contribution in [1.82, 2.24) is 10.2 Å². The van der Waals surface area contributed by atoms with E-state index in [0.29, 0.717) is 12.1 Å². The molecule has 2 saturated heterocycles. The Balaban J connectivity index is 1.72. The van der Waals surface area contributed by atoms with E-state index in [-0.39, 0.29) is 11.3 Å². The van der Waals surface area contributed by atoms with Gasteiger partial charge in [0.2, 0.25) is 0 Å². The van der Waals surface area contributed by atoms with Gasteiger partial charge in [-0.3, -0.25) is 10.2 Å². The molecule has 1 aromatic rings. The summed E-state index contributed by atoms with van der Waals surface area (Å²) in [4.78, 5) is 2.57. The number of hydrogen-bond donors (Lipinski definition) is 1. The Labute approximate surface area is 135 Å². The van der Waals surface area contributed by atoms with Crippen molar-refractivity contribution in [2.24, 2.45) is 0 Å². The number of rotatable bonds is 6. The van der Waals surface area contributed by atoms with Crippen LogP contribution in [0.2, 0.25) is 0 Å². The monoisotopic (exact) mass is 302 g/mol. The first-order valence-electron chi connectivity index (χ1n) is 8.71. The standard InChI is InChI=1S/C19H30N2O/c1-5-6-12-19(20-18(3,4)14-22-19)17-13-21(17)15(2)16-10-8-7-9-11-16/h7-11,15,17,20H,5-6,12-14H2,1-4H3/t15-,17+,19?,21?/m1/s1. The molecule has 3 nitrogen and oxygen atoms in total. The molecule has 0 saturated carbocycles. The van der Waals surface area contributed by atoms with E-state index in [1.165, 1.54) is 18.4 Å². The number of nitrogens with one attached hydrogen (secondary N) is 1. The highest BCUT2D eigenvalue weighted by Gasteiger charge is 2.58. The topological polar surface area (TPSA) is 24.3 Å². The van der Waals surface area contributed by atoms with Gasteiger partial charge in [0.05, 0.1) is 12.6 Å². The van der Waals surface area contributed by atoms with E-state index in [1.54, 1.807) is 0 Å². The van der Waals surface area contributed by atoms with Crippen LogP contribution in [0.25, 0.3) is 0 Å². The smallest absolute Gasteiger partial charge is 0.136 e. The Bertz CT molecular complexity index is 501. The molecule has 4 atom stereocenters. The SMILES string of the molecule is CCCCC1([C@@H]2CN2[C@H](C)c2ccccc2)NC(C)(C)CO1. The number of unbranched alkanes of at least 4 members (excludes halogenated alkanes) is 1. The first-order valence-corrected chi connectivity index (χ1v) is 8.71. The van der Waals surface area contributed by atoms with Crippen molar-refractivity contribution in [3.63, 3.8) is 0 Å². The third kappa shape index (κ3) is 3.08. The molecule has 0 aliphatic carbocycles. The van der Waals surface area contributed by atoms with E-state index in [2.05, 4.69) is 68.2 Å². The summed E-state index contributed by atoms with van der Waals surface area (Å²) in [5, 5.41) is 3.81. The molecule has 2 aliphatic heterocycles. The van der Waals surface area contributed by atoms with E-state index in [4.69, 9.17) is 4.74 Å². The maximum atomic E-state index is 6.35. The van der Waals surface area contributed by atoms with Crippen molar-refractivity contribution >= 4 is 0 Å². The molecular weight excluding hydrogens is 272 g/mol. The zero-order chi connectivity index (χ0) is 15.8. The number of ether oxygens (including phenoxy) is 1. The molecule has 0 aromatic heterocycles. The van der Waals surface area contributed by atoms with Crippen LogP contribution in [0.4, 0.5) is 0 Å². The van der Waals surface area contributed by atoms with E-state index in [9.17, 15) is 0 Å². The van der Waals surface area contributed by atoms with Crippen LogP contribution in [0.5, 0.6) is 0 Å². The van der Waals surface area contributed by atoms with Gasteiger partial charge >= 0.3 is 0 Å². The summed E-state index contributed by atoms with van der Waals surface area (Å²) in [5.74, 6) is 0. The average molecular weight is 302 g/mol. The van der Waals surface area contributed by atoms with Crippen molar-refractivity contribution < 1.29 is 4.74 Å². The Hall–Kier alpha value is -0.900. The fourth-order valence-electron chi connectivity index (χ4n) is 3.79. The zero-order valence-corrected chi connectivity index (χ0v) is 14.4. The molecule has 0 spiro atoms. The van der Waals surface area contributed by atoms with Crippen LogP contribution >= 0.6 is 0 Å². The minimum absolute atomic E-state index is 0.0813. The minimum Gasteiger partial charge on any atom is -0.357 e. The number of benzene rings is 1. The maximum absolute atomic E-state index is 6.35. The van der Waals surface area contributed by atoms with Gasteiger partial charge in [0.15, 0.2) is 0 Å². The fraction of sp³-hybridized carbons (Fsp3) is 0.684. The van der Waals surface area contributed by atoms with Gasteiger partial charge in [-0.1, -0.05) is 43.7 Å². The molecule has 22 heavy (non-hydrogen) atoms. The van der Waals surface area contributed by atoms with Gasteiger partial charge < -0.3 is 4.74 Å². The van der Waals surface area contributed by atoms with Crippen LogP contribution < -0.4 is 5.32 Å². The summed E-state index contributed by atoms with van der Waals surface area (Å²) >= 11 is 0. The van der Waals surface area contributed by atoms with Gasteiger partial charge in [0, 0.05) is 18.1 Å². The Morgan fingerprint density at radius 2 is 2.05 bits per heavy atom. The number of nitrogens with zero attached hydrogens (tertiary/aromatic N) is 1. The first kappa shape index (κ1) is 16.0. The van der Waals surface area contributed by atoms with E-state index in [1.807, 2.05) is 0 Å². The van der Waals surface area contributed by atoms with Crippen LogP contribution in [0, 0.1) is 0 Å². The predicted octanol–water partition coefficient (Wildman–Crippen LogP) is 3.72. The fourth-order valence-corrected chi connectivity index (χ4v) is 3.79. The van der Waals surface area contributed by atoms with Crippen molar-refractivity contribution in [3.05, 3.63) is 35.9 Å². The first-order chi connectivity index (χ1) is 10.5. The molecule has 1 N–H and O–H groups in total. The third-order valence-electron chi connectivity index (χ3n) is 5.11. The van der Waals surface area contributed by atoms with Gasteiger partial charge in [-0.25, -0.2) is 0 Å². The summed E-state index contributed by atoms with van der Waals surface area (Å²) in [6.45, 7) is 11.0. The third-order valence-corrected chi connectivity index (χ3v) is 5.11. The van der Waals surface area contributed by atoms with E-state index in [0.717, 1.165) is 19.6 Å². The highest BCUT2D eigenvalue weighted by atomic mass is 16.5. The highest BCUT2D eigenvalue weighted by molar-refractivity contribution is 5.22. The Morgan fingerprint density at radius 1 is 1.32 bits per heavy atom. The molecule has 0 radical (unpaired) electrons. The Kier molecular flexibility index (Phi) is 4.32. The van der Waals surface area contributed by atoms with Crippen LogP contribution in [0.3, 0.4) is 0 Å². The van der Waals surface area contributed by atoms with Crippen molar-refractivity contribution in [1.29, 1.82) is 0 Å². The second-order valence-corrected chi connectivity index (χ2v) is 7.59. The van der Waals surface area contributed by atoms with E-state index >= 15 is 0 Å². The summed E-state index contributed by atoms with van der Waals surface area (Å²) in [6, 6.07) is 11.8. The van der Waals surface area contributed by atoms with Crippen molar-refractivity contribution in [2.75, 3.05) is 13.2 Å². The summed E-state index contributed by atoms with van der Waals surface area (Å²) in [6.07, 6.45) is 3.54. The van der Waals surface area contributed by atoms with Gasteiger partial charge in [0.25, 0.3) is 0 Å². The summed E-state index contributed by atoms with van der Waals surface area (Å²) in [5.41, 5.74) is 1.33. The van der Waals surface area contributed by atoms with Gasteiger partial charge in [-0.15, -0.1) is 0 Å². The lowest BCUT2D eigenvalue weighted by molar-refractivity contribution is -0.0312. The lowest BCUT2D eigenvalue weighted by atomic mass is 9.99. The van der Waals surface area contributed by atoms with Crippen LogP contribution in [-0.2, 0) is 4.74 Å². The minimum atomic E-state index is -0.150. The van der Waals surface area contributed by atoms with Gasteiger partial charge in [0.1, 0.15) is 5.72 Å². The lowest BCUT2D eigenvalue weighted by Gasteiger charge is -2.32. The normalized spacial score (nSPS) is 34.5. The largest absolute Gasteiger partial charge is 0.357 e. The molecule has 0 bridgehead atoms. The lowest BCUT2D eigenvalue weighted by Crippen LogP contribution is -2.53. The Morgan fingerprint density at radius 3 is 2.64 bits per heavy atom. The van der Waals surface area contributed by atoms with Crippen molar-refractivity contribution in [2.45, 2.75) is 70.3 Å². The zero-order valence-electron chi connectivity index (χ0n) is 14.4. The summed E-state index contributed by atoms with van der Waals surface area (Å²) < 4.78 is 6.35. The van der Waals surface area contributed by atoms with Crippen molar-refractivity contribution in [3.8, 4) is 0 Å². The molecule has 2 aliphatic rings.